The zero-order valence-corrected chi connectivity index (χ0v) is 18.1. The van der Waals surface area contributed by atoms with Gasteiger partial charge in [0.05, 0.1) is 10.3 Å². The van der Waals surface area contributed by atoms with Crippen LogP contribution in [-0.4, -0.2) is 34.4 Å². The Morgan fingerprint density at radius 1 is 1.13 bits per heavy atom. The van der Waals surface area contributed by atoms with Gasteiger partial charge in [-0.2, -0.15) is 0 Å². The number of ketones is 1. The number of nitrogens with zero attached hydrogens (tertiary/aromatic N) is 1. The van der Waals surface area contributed by atoms with E-state index >= 15 is 0 Å². The smallest absolute Gasteiger partial charge is 0.285 e. The van der Waals surface area contributed by atoms with E-state index in [1.807, 2.05) is 49.4 Å². The minimum absolute atomic E-state index is 0.0181. The Hall–Kier alpha value is -3.13. The molecular formula is C23H21BN2O4S. The summed E-state index contributed by atoms with van der Waals surface area (Å²) in [4.78, 5) is 40.7. The summed E-state index contributed by atoms with van der Waals surface area (Å²) in [6.07, 6.45) is 1.25. The summed E-state index contributed by atoms with van der Waals surface area (Å²) in [6, 6.07) is 16.9. The zero-order valence-electron chi connectivity index (χ0n) is 17.3. The lowest BCUT2D eigenvalue weighted by Gasteiger charge is -2.18. The van der Waals surface area contributed by atoms with Gasteiger partial charge < -0.3 is 4.42 Å². The Balaban J connectivity index is 1.38. The van der Waals surface area contributed by atoms with Crippen LogP contribution in [-0.2, 0) is 17.6 Å². The van der Waals surface area contributed by atoms with Crippen molar-refractivity contribution in [2.24, 2.45) is 0 Å². The van der Waals surface area contributed by atoms with Crippen LogP contribution in [0.25, 0.3) is 11.5 Å². The molecule has 6 nitrogen and oxygen atoms in total. The van der Waals surface area contributed by atoms with Gasteiger partial charge in [-0.1, -0.05) is 54.2 Å². The molecule has 0 aliphatic carbocycles. The number of benzene rings is 2. The van der Waals surface area contributed by atoms with E-state index in [0.717, 1.165) is 34.3 Å². The largest absolute Gasteiger partial charge is 0.441 e. The molecule has 2 heterocycles. The number of carbonyl (C=O) groups is 3. The highest BCUT2D eigenvalue weighted by molar-refractivity contribution is 8.17. The molecule has 1 aromatic heterocycles. The summed E-state index contributed by atoms with van der Waals surface area (Å²) in [5, 5.41) is 2.00. The Kier molecular flexibility index (Phi) is 5.82. The van der Waals surface area contributed by atoms with E-state index in [2.05, 4.69) is 10.3 Å². The Morgan fingerprint density at radius 3 is 2.48 bits per heavy atom. The number of amides is 2. The van der Waals surface area contributed by atoms with Gasteiger partial charge in [0.25, 0.3) is 5.24 Å². The molecule has 1 N–H and O–H groups in total. The van der Waals surface area contributed by atoms with E-state index in [4.69, 9.17) is 4.42 Å². The number of thioether (sulfide) groups is 1. The second kappa shape index (κ2) is 8.55. The van der Waals surface area contributed by atoms with Crippen LogP contribution in [0.3, 0.4) is 0 Å². The average Bonchev–Trinajstić information content (AvgIpc) is 3.25. The molecule has 3 aromatic rings. The molecule has 2 amide bonds. The first-order chi connectivity index (χ1) is 14.8. The van der Waals surface area contributed by atoms with Gasteiger partial charge in [-0.25, -0.2) is 4.98 Å². The predicted molar refractivity (Wildman–Crippen MR) is 122 cm³/mol. The highest BCUT2D eigenvalue weighted by atomic mass is 32.2. The van der Waals surface area contributed by atoms with E-state index in [1.54, 1.807) is 20.0 Å². The third kappa shape index (κ3) is 4.64. The van der Waals surface area contributed by atoms with Crippen LogP contribution in [0.15, 0.2) is 59.0 Å². The molecule has 8 heteroatoms. The van der Waals surface area contributed by atoms with Crippen molar-refractivity contribution in [3.63, 3.8) is 0 Å². The number of nitrogens with one attached hydrogen (secondary N) is 1. The quantitative estimate of drug-likeness (QED) is 0.455. The van der Waals surface area contributed by atoms with Gasteiger partial charge in [-0.15, -0.1) is 0 Å². The van der Waals surface area contributed by atoms with Gasteiger partial charge >= 0.3 is 0 Å². The van der Waals surface area contributed by atoms with E-state index in [0.29, 0.717) is 30.7 Å². The highest BCUT2D eigenvalue weighted by Gasteiger charge is 2.43. The van der Waals surface area contributed by atoms with Crippen LogP contribution < -0.4 is 5.32 Å². The lowest BCUT2D eigenvalue weighted by molar-refractivity contribution is -0.119. The van der Waals surface area contributed by atoms with Crippen LogP contribution in [0, 0.1) is 6.92 Å². The molecule has 0 bridgehead atoms. The number of Topliss-reactive ketones (excluding diaryl/α,β-unsaturated/α-hetero) is 1. The summed E-state index contributed by atoms with van der Waals surface area (Å²) in [7, 11) is 1.75. The first kappa shape index (κ1) is 21.1. The van der Waals surface area contributed by atoms with Crippen molar-refractivity contribution >= 4 is 36.5 Å². The van der Waals surface area contributed by atoms with Gasteiger partial charge in [-0.05, 0) is 31.0 Å². The van der Waals surface area contributed by atoms with Gasteiger partial charge in [-0.3, -0.25) is 19.7 Å². The maximum Gasteiger partial charge on any atom is 0.285 e. The molecule has 4 rings (SSSR count). The number of hydrogen-bond acceptors (Lipinski definition) is 6. The van der Waals surface area contributed by atoms with Crippen molar-refractivity contribution in [3.8, 4) is 11.5 Å². The first-order valence-electron chi connectivity index (χ1n) is 10.0. The summed E-state index contributed by atoms with van der Waals surface area (Å²) in [5.41, 5.74) is 3.20. The van der Waals surface area contributed by atoms with E-state index in [9.17, 15) is 14.4 Å². The normalized spacial score (nSPS) is 18.2. The molecule has 0 saturated carbocycles. The van der Waals surface area contributed by atoms with Gasteiger partial charge in [0.15, 0.2) is 5.78 Å². The number of hydrogen-bond donors (Lipinski definition) is 1. The molecule has 1 fully saturated rings. The molecule has 0 spiro atoms. The van der Waals surface area contributed by atoms with Crippen LogP contribution >= 0.6 is 11.8 Å². The van der Waals surface area contributed by atoms with Gasteiger partial charge in [0.2, 0.25) is 11.8 Å². The molecule has 2 aromatic carbocycles. The fourth-order valence-electron chi connectivity index (χ4n) is 3.56. The molecular weight excluding hydrogens is 411 g/mol. The van der Waals surface area contributed by atoms with Crippen LogP contribution in [0.2, 0.25) is 0 Å². The monoisotopic (exact) mass is 432 g/mol. The predicted octanol–water partition coefficient (Wildman–Crippen LogP) is 3.32. The maximum absolute atomic E-state index is 12.6. The first-order valence-corrected chi connectivity index (χ1v) is 10.8. The van der Waals surface area contributed by atoms with Gasteiger partial charge in [0, 0.05) is 24.0 Å². The standard InChI is InChI=1S/C23H21BN2O4S/c1-14-18(25-20(30-14)17-5-3-2-4-6-17)11-12-19(27)16-9-7-15(8-10-16)13-23(24)21(28)26-22(29)31-23/h2-10H,11-13,24H2,1H3,(H,26,28,29)/t23-/m0/s1. The second-order valence-electron chi connectivity index (χ2n) is 7.76. The van der Waals surface area contributed by atoms with E-state index in [1.165, 1.54) is 0 Å². The zero-order chi connectivity index (χ0) is 22.0. The second-order valence-corrected chi connectivity index (χ2v) is 9.24. The van der Waals surface area contributed by atoms with Crippen molar-refractivity contribution in [3.05, 3.63) is 77.2 Å². The van der Waals surface area contributed by atoms with Crippen LogP contribution in [0.4, 0.5) is 4.79 Å². The van der Waals surface area contributed by atoms with Crippen molar-refractivity contribution in [1.29, 1.82) is 0 Å². The third-order valence-corrected chi connectivity index (χ3v) is 6.40. The van der Waals surface area contributed by atoms with Crippen molar-refractivity contribution in [1.82, 2.24) is 10.3 Å². The molecule has 1 aliphatic heterocycles. The summed E-state index contributed by atoms with van der Waals surface area (Å²) in [6.45, 7) is 1.86. The number of aryl methyl sites for hydroxylation is 2. The molecule has 1 saturated heterocycles. The lowest BCUT2D eigenvalue weighted by Crippen LogP contribution is -2.39. The lowest BCUT2D eigenvalue weighted by atomic mass is 9.80. The van der Waals surface area contributed by atoms with E-state index in [-0.39, 0.29) is 16.9 Å². The topological polar surface area (TPSA) is 89.3 Å². The maximum atomic E-state index is 12.6. The summed E-state index contributed by atoms with van der Waals surface area (Å²) >= 11 is 1.01. The number of imide groups is 1. The number of rotatable bonds is 7. The molecule has 1 atom stereocenters. The molecule has 0 radical (unpaired) electrons. The molecule has 156 valence electrons. The average molecular weight is 432 g/mol. The van der Waals surface area contributed by atoms with Crippen LogP contribution in [0.1, 0.15) is 33.8 Å². The fraction of sp³-hybridized carbons (Fsp3) is 0.217. The Bertz CT molecular complexity index is 1140. The minimum atomic E-state index is -0.816. The summed E-state index contributed by atoms with van der Waals surface area (Å²) < 4.78 is 4.95. The minimum Gasteiger partial charge on any atom is -0.441 e. The number of carbonyl (C=O) groups excluding carboxylic acids is 3. The van der Waals surface area contributed by atoms with Crippen LogP contribution in [0.5, 0.6) is 0 Å². The number of oxazole rings is 1. The SMILES string of the molecule is B[C@@]1(Cc2ccc(C(=O)CCc3nc(-c4ccccc4)oc3C)cc2)SC(=O)NC1=O. The molecule has 1 aliphatic rings. The van der Waals surface area contributed by atoms with Crippen molar-refractivity contribution < 1.29 is 18.8 Å². The van der Waals surface area contributed by atoms with Crippen molar-refractivity contribution in [2.75, 3.05) is 0 Å². The van der Waals surface area contributed by atoms with Crippen molar-refractivity contribution in [2.45, 2.75) is 30.8 Å². The van der Waals surface area contributed by atoms with Gasteiger partial charge in [0.1, 0.15) is 13.6 Å². The summed E-state index contributed by atoms with van der Waals surface area (Å²) in [5.74, 6) is 1.02. The third-order valence-electron chi connectivity index (χ3n) is 5.33. The Morgan fingerprint density at radius 2 is 1.84 bits per heavy atom. The molecule has 0 unspecified atom stereocenters. The number of aromatic nitrogens is 1. The Labute approximate surface area is 185 Å². The highest BCUT2D eigenvalue weighted by Crippen LogP contribution is 2.32. The fourth-order valence-corrected chi connectivity index (χ4v) is 4.49. The molecule has 31 heavy (non-hydrogen) atoms. The van der Waals surface area contributed by atoms with E-state index < -0.39 is 4.65 Å².